The molecule has 0 bridgehead atoms. The molecular formula is C11H21F2N. The Morgan fingerprint density at radius 1 is 1.36 bits per heavy atom. The van der Waals surface area contributed by atoms with Crippen molar-refractivity contribution >= 4 is 0 Å². The Kier molecular flexibility index (Phi) is 4.30. The van der Waals surface area contributed by atoms with E-state index < -0.39 is 5.92 Å². The summed E-state index contributed by atoms with van der Waals surface area (Å²) in [5.41, 5.74) is 0. The Hall–Kier alpha value is -0.180. The van der Waals surface area contributed by atoms with Crippen LogP contribution >= 0.6 is 0 Å². The average molecular weight is 205 g/mol. The van der Waals surface area contributed by atoms with Gasteiger partial charge in [-0.1, -0.05) is 20.3 Å². The molecule has 1 heterocycles. The highest BCUT2D eigenvalue weighted by Gasteiger charge is 2.33. The summed E-state index contributed by atoms with van der Waals surface area (Å²) in [6.07, 6.45) is 3.17. The topological polar surface area (TPSA) is 12.0 Å². The van der Waals surface area contributed by atoms with E-state index in [-0.39, 0.29) is 24.8 Å². The molecule has 0 aromatic rings. The van der Waals surface area contributed by atoms with Crippen LogP contribution in [0.1, 0.15) is 46.0 Å². The summed E-state index contributed by atoms with van der Waals surface area (Å²) in [6.45, 7) is 4.60. The van der Waals surface area contributed by atoms with E-state index >= 15 is 0 Å². The SMILES string of the molecule is CC(C)CC(F)(F)CC1CCCCN1. The average Bonchev–Trinajstić information content (AvgIpc) is 2.02. The minimum absolute atomic E-state index is 0.0190. The second kappa shape index (κ2) is 5.06. The molecule has 1 nitrogen and oxygen atoms in total. The maximum absolute atomic E-state index is 13.4. The number of alkyl halides is 2. The smallest absolute Gasteiger partial charge is 0.249 e. The molecule has 0 amide bonds. The zero-order valence-electron chi connectivity index (χ0n) is 9.15. The Bertz CT molecular complexity index is 163. The molecule has 1 atom stereocenters. The summed E-state index contributed by atoms with van der Waals surface area (Å²) in [4.78, 5) is 0. The first-order valence-corrected chi connectivity index (χ1v) is 5.61. The van der Waals surface area contributed by atoms with E-state index in [0.717, 1.165) is 25.8 Å². The van der Waals surface area contributed by atoms with Gasteiger partial charge in [0.05, 0.1) is 0 Å². The summed E-state index contributed by atoms with van der Waals surface area (Å²) in [5, 5.41) is 3.17. The fourth-order valence-corrected chi connectivity index (χ4v) is 2.14. The fraction of sp³-hybridized carbons (Fsp3) is 1.00. The van der Waals surface area contributed by atoms with Crippen LogP contribution in [0.4, 0.5) is 8.78 Å². The van der Waals surface area contributed by atoms with Gasteiger partial charge in [-0.05, 0) is 25.3 Å². The predicted octanol–water partition coefficient (Wildman–Crippen LogP) is 3.20. The van der Waals surface area contributed by atoms with Crippen LogP contribution in [0, 0.1) is 5.92 Å². The molecule has 0 aromatic heterocycles. The second-order valence-electron chi connectivity index (χ2n) is 4.80. The Labute approximate surface area is 85.3 Å². The lowest BCUT2D eigenvalue weighted by Gasteiger charge is -2.28. The van der Waals surface area contributed by atoms with Crippen molar-refractivity contribution in [2.45, 2.75) is 57.9 Å². The van der Waals surface area contributed by atoms with E-state index in [4.69, 9.17) is 0 Å². The molecule has 1 N–H and O–H groups in total. The number of nitrogens with one attached hydrogen (secondary N) is 1. The van der Waals surface area contributed by atoms with E-state index in [2.05, 4.69) is 5.32 Å². The number of piperidine rings is 1. The number of halogens is 2. The van der Waals surface area contributed by atoms with Crippen molar-refractivity contribution in [2.75, 3.05) is 6.54 Å². The van der Waals surface area contributed by atoms with Crippen molar-refractivity contribution in [1.29, 1.82) is 0 Å². The van der Waals surface area contributed by atoms with Crippen LogP contribution in [0.5, 0.6) is 0 Å². The summed E-state index contributed by atoms with van der Waals surface area (Å²) >= 11 is 0. The van der Waals surface area contributed by atoms with Crippen molar-refractivity contribution in [3.05, 3.63) is 0 Å². The van der Waals surface area contributed by atoms with Gasteiger partial charge in [-0.15, -0.1) is 0 Å². The van der Waals surface area contributed by atoms with Gasteiger partial charge in [-0.25, -0.2) is 8.78 Å². The molecule has 1 fully saturated rings. The highest BCUT2D eigenvalue weighted by Crippen LogP contribution is 2.30. The van der Waals surface area contributed by atoms with Gasteiger partial charge in [0.15, 0.2) is 0 Å². The standard InChI is InChI=1S/C11H21F2N/c1-9(2)7-11(12,13)8-10-5-3-4-6-14-10/h9-10,14H,3-8H2,1-2H3. The van der Waals surface area contributed by atoms with Crippen LogP contribution in [0.15, 0.2) is 0 Å². The molecule has 0 radical (unpaired) electrons. The third kappa shape index (κ3) is 4.36. The summed E-state index contributed by atoms with van der Waals surface area (Å²) in [5.74, 6) is -2.41. The van der Waals surface area contributed by atoms with E-state index in [0.29, 0.717) is 0 Å². The van der Waals surface area contributed by atoms with Gasteiger partial charge in [-0.2, -0.15) is 0 Å². The zero-order chi connectivity index (χ0) is 10.6. The van der Waals surface area contributed by atoms with E-state index in [1.165, 1.54) is 0 Å². The molecule has 1 aliphatic rings. The third-order valence-electron chi connectivity index (χ3n) is 2.66. The Morgan fingerprint density at radius 2 is 2.07 bits per heavy atom. The lowest BCUT2D eigenvalue weighted by Crippen LogP contribution is -2.39. The molecule has 0 spiro atoms. The van der Waals surface area contributed by atoms with E-state index in [1.54, 1.807) is 0 Å². The van der Waals surface area contributed by atoms with Crippen molar-refractivity contribution < 1.29 is 8.78 Å². The summed E-state index contributed by atoms with van der Waals surface area (Å²) in [6, 6.07) is 0.0394. The molecule has 84 valence electrons. The Balaban J connectivity index is 2.32. The molecule has 1 saturated heterocycles. The number of hydrogen-bond acceptors (Lipinski definition) is 1. The largest absolute Gasteiger partial charge is 0.314 e. The molecule has 0 aromatic carbocycles. The monoisotopic (exact) mass is 205 g/mol. The molecule has 14 heavy (non-hydrogen) atoms. The van der Waals surface area contributed by atoms with Gasteiger partial charge in [0.2, 0.25) is 5.92 Å². The lowest BCUT2D eigenvalue weighted by atomic mass is 9.94. The van der Waals surface area contributed by atoms with Crippen molar-refractivity contribution in [3.8, 4) is 0 Å². The van der Waals surface area contributed by atoms with Gasteiger partial charge in [0, 0.05) is 18.9 Å². The number of hydrogen-bond donors (Lipinski definition) is 1. The van der Waals surface area contributed by atoms with Gasteiger partial charge in [0.1, 0.15) is 0 Å². The summed E-state index contributed by atoms with van der Waals surface area (Å²) < 4.78 is 26.8. The molecule has 0 aliphatic carbocycles. The van der Waals surface area contributed by atoms with Gasteiger partial charge >= 0.3 is 0 Å². The van der Waals surface area contributed by atoms with E-state index in [1.807, 2.05) is 13.8 Å². The molecule has 3 heteroatoms. The normalized spacial score (nSPS) is 24.2. The fourth-order valence-electron chi connectivity index (χ4n) is 2.14. The minimum atomic E-state index is -2.48. The second-order valence-corrected chi connectivity index (χ2v) is 4.80. The van der Waals surface area contributed by atoms with Gasteiger partial charge < -0.3 is 5.32 Å². The van der Waals surface area contributed by atoms with Crippen LogP contribution in [0.25, 0.3) is 0 Å². The minimum Gasteiger partial charge on any atom is -0.314 e. The third-order valence-corrected chi connectivity index (χ3v) is 2.66. The molecule has 1 rings (SSSR count). The molecule has 0 saturated carbocycles. The maximum Gasteiger partial charge on any atom is 0.249 e. The van der Waals surface area contributed by atoms with Gasteiger partial charge in [-0.3, -0.25) is 0 Å². The van der Waals surface area contributed by atoms with Crippen LogP contribution in [0.2, 0.25) is 0 Å². The van der Waals surface area contributed by atoms with Gasteiger partial charge in [0.25, 0.3) is 0 Å². The quantitative estimate of drug-likeness (QED) is 0.743. The van der Waals surface area contributed by atoms with Crippen molar-refractivity contribution in [3.63, 3.8) is 0 Å². The first kappa shape index (κ1) is 11.9. The van der Waals surface area contributed by atoms with E-state index in [9.17, 15) is 8.78 Å². The van der Waals surface area contributed by atoms with Crippen LogP contribution < -0.4 is 5.32 Å². The maximum atomic E-state index is 13.4. The van der Waals surface area contributed by atoms with Crippen LogP contribution in [0.3, 0.4) is 0 Å². The van der Waals surface area contributed by atoms with Crippen molar-refractivity contribution in [2.24, 2.45) is 5.92 Å². The first-order chi connectivity index (χ1) is 6.49. The summed E-state index contributed by atoms with van der Waals surface area (Å²) in [7, 11) is 0. The lowest BCUT2D eigenvalue weighted by molar-refractivity contribution is -0.0374. The predicted molar refractivity (Wildman–Crippen MR) is 54.7 cm³/mol. The Morgan fingerprint density at radius 3 is 2.57 bits per heavy atom. The first-order valence-electron chi connectivity index (χ1n) is 5.61. The number of rotatable bonds is 4. The van der Waals surface area contributed by atoms with Crippen LogP contribution in [-0.2, 0) is 0 Å². The highest BCUT2D eigenvalue weighted by molar-refractivity contribution is 4.80. The molecule has 1 unspecified atom stereocenters. The molecular weight excluding hydrogens is 184 g/mol. The highest BCUT2D eigenvalue weighted by atomic mass is 19.3. The van der Waals surface area contributed by atoms with Crippen molar-refractivity contribution in [1.82, 2.24) is 5.32 Å². The van der Waals surface area contributed by atoms with Crippen LogP contribution in [-0.4, -0.2) is 18.5 Å². The molecule has 1 aliphatic heterocycles. The zero-order valence-corrected chi connectivity index (χ0v) is 9.15.